The van der Waals surface area contributed by atoms with Crippen LogP contribution in [0.2, 0.25) is 0 Å². The minimum absolute atomic E-state index is 0.229. The number of imidazole rings is 1. The molecule has 2 aromatic rings. The zero-order chi connectivity index (χ0) is 18.0. The van der Waals surface area contributed by atoms with Crippen molar-refractivity contribution in [1.29, 1.82) is 0 Å². The molecule has 1 aromatic carbocycles. The van der Waals surface area contributed by atoms with Crippen molar-refractivity contribution in [3.63, 3.8) is 0 Å². The molecule has 1 fully saturated rings. The normalized spacial score (nSPS) is 20.2. The van der Waals surface area contributed by atoms with Gasteiger partial charge in [0.05, 0.1) is 11.6 Å². The van der Waals surface area contributed by atoms with Gasteiger partial charge in [-0.25, -0.2) is 4.98 Å². The van der Waals surface area contributed by atoms with Gasteiger partial charge in [0, 0.05) is 12.1 Å². The SMILES string of the molecule is CC[C@@]1(c2ccc(NC(=O)c3cnc(C)[nH]3)cc2)CCC(=O)NC1=O. The average Bonchev–Trinajstić information content (AvgIpc) is 3.03. The van der Waals surface area contributed by atoms with E-state index in [1.807, 2.05) is 19.1 Å². The molecule has 1 atom stereocenters. The number of hydrogen-bond acceptors (Lipinski definition) is 4. The van der Waals surface area contributed by atoms with E-state index in [4.69, 9.17) is 0 Å². The number of nitrogens with zero attached hydrogens (tertiary/aromatic N) is 1. The number of H-pyrrole nitrogens is 1. The predicted molar refractivity (Wildman–Crippen MR) is 92.1 cm³/mol. The van der Waals surface area contributed by atoms with Gasteiger partial charge in [-0.1, -0.05) is 19.1 Å². The van der Waals surface area contributed by atoms with Crippen LogP contribution in [0, 0.1) is 6.92 Å². The molecule has 25 heavy (non-hydrogen) atoms. The number of amides is 3. The molecule has 0 aliphatic carbocycles. The lowest BCUT2D eigenvalue weighted by molar-refractivity contribution is -0.138. The standard InChI is InChI=1S/C18H20N4O3/c1-3-18(9-8-15(23)22-17(18)25)12-4-6-13(7-5-12)21-16(24)14-10-19-11(2)20-14/h4-7,10H,3,8-9H2,1-2H3,(H,19,20)(H,21,24)(H,22,23,25)/t18-/m0/s1. The topological polar surface area (TPSA) is 104 Å². The average molecular weight is 340 g/mol. The summed E-state index contributed by atoms with van der Waals surface area (Å²) >= 11 is 0. The Morgan fingerprint density at radius 1 is 1.28 bits per heavy atom. The zero-order valence-corrected chi connectivity index (χ0v) is 14.2. The lowest BCUT2D eigenvalue weighted by Crippen LogP contribution is -2.51. The number of rotatable bonds is 4. The third kappa shape index (κ3) is 3.17. The summed E-state index contributed by atoms with van der Waals surface area (Å²) in [4.78, 5) is 42.8. The molecule has 0 bridgehead atoms. The van der Waals surface area contributed by atoms with E-state index < -0.39 is 5.41 Å². The van der Waals surface area contributed by atoms with E-state index in [1.54, 1.807) is 19.1 Å². The highest BCUT2D eigenvalue weighted by Crippen LogP contribution is 2.36. The predicted octanol–water partition coefficient (Wildman–Crippen LogP) is 2.05. The molecule has 3 N–H and O–H groups in total. The smallest absolute Gasteiger partial charge is 0.273 e. The summed E-state index contributed by atoms with van der Waals surface area (Å²) in [5.74, 6) is -0.0911. The van der Waals surface area contributed by atoms with E-state index in [0.29, 0.717) is 36.5 Å². The molecule has 7 nitrogen and oxygen atoms in total. The Morgan fingerprint density at radius 3 is 2.56 bits per heavy atom. The van der Waals surface area contributed by atoms with E-state index in [1.165, 1.54) is 6.20 Å². The van der Waals surface area contributed by atoms with E-state index in [9.17, 15) is 14.4 Å². The third-order valence-electron chi connectivity index (χ3n) is 4.71. The molecule has 0 spiro atoms. The van der Waals surface area contributed by atoms with Crippen molar-refractivity contribution in [1.82, 2.24) is 15.3 Å². The summed E-state index contributed by atoms with van der Waals surface area (Å²) in [7, 11) is 0. The Balaban J connectivity index is 1.78. The van der Waals surface area contributed by atoms with Crippen molar-refractivity contribution in [3.05, 3.63) is 47.5 Å². The largest absolute Gasteiger partial charge is 0.338 e. The summed E-state index contributed by atoms with van der Waals surface area (Å²) in [6.07, 6.45) is 2.91. The number of carbonyl (C=O) groups is 3. The van der Waals surface area contributed by atoms with Crippen LogP contribution in [-0.4, -0.2) is 27.7 Å². The lowest BCUT2D eigenvalue weighted by atomic mass is 9.72. The van der Waals surface area contributed by atoms with Gasteiger partial charge in [0.25, 0.3) is 5.91 Å². The number of piperidine rings is 1. The summed E-state index contributed by atoms with van der Waals surface area (Å²) in [5.41, 5.74) is 1.16. The fourth-order valence-electron chi connectivity index (χ4n) is 3.17. The van der Waals surface area contributed by atoms with Crippen molar-refractivity contribution >= 4 is 23.4 Å². The molecule has 130 valence electrons. The van der Waals surface area contributed by atoms with Crippen LogP contribution in [0.1, 0.15) is 48.1 Å². The van der Waals surface area contributed by atoms with E-state index in [2.05, 4.69) is 20.6 Å². The molecular weight excluding hydrogens is 320 g/mol. The number of aryl methyl sites for hydroxylation is 1. The van der Waals surface area contributed by atoms with Gasteiger partial charge in [0.15, 0.2) is 0 Å². The number of hydrogen-bond donors (Lipinski definition) is 3. The summed E-state index contributed by atoms with van der Waals surface area (Å²) in [6.45, 7) is 3.71. The van der Waals surface area contributed by atoms with Crippen LogP contribution in [0.15, 0.2) is 30.5 Å². The zero-order valence-electron chi connectivity index (χ0n) is 14.2. The number of carbonyl (C=O) groups excluding carboxylic acids is 3. The molecule has 3 rings (SSSR count). The monoisotopic (exact) mass is 340 g/mol. The highest BCUT2D eigenvalue weighted by Gasteiger charge is 2.42. The van der Waals surface area contributed by atoms with E-state index >= 15 is 0 Å². The number of anilines is 1. The van der Waals surface area contributed by atoms with Gasteiger partial charge < -0.3 is 10.3 Å². The molecule has 0 saturated carbocycles. The third-order valence-corrected chi connectivity index (χ3v) is 4.71. The van der Waals surface area contributed by atoms with Crippen LogP contribution in [0.25, 0.3) is 0 Å². The molecule has 1 aliphatic rings. The first kappa shape index (κ1) is 16.9. The highest BCUT2D eigenvalue weighted by atomic mass is 16.2. The van der Waals surface area contributed by atoms with Crippen molar-refractivity contribution in [2.45, 2.75) is 38.5 Å². The van der Waals surface area contributed by atoms with Crippen LogP contribution in [-0.2, 0) is 15.0 Å². The van der Waals surface area contributed by atoms with Gasteiger partial charge in [0.1, 0.15) is 11.5 Å². The minimum Gasteiger partial charge on any atom is -0.338 e. The van der Waals surface area contributed by atoms with E-state index in [0.717, 1.165) is 5.56 Å². The quantitative estimate of drug-likeness (QED) is 0.741. The summed E-state index contributed by atoms with van der Waals surface area (Å²) in [5, 5.41) is 5.22. The maximum absolute atomic E-state index is 12.4. The maximum atomic E-state index is 12.4. The molecular formula is C18H20N4O3. The molecule has 7 heteroatoms. The number of nitrogens with one attached hydrogen (secondary N) is 3. The molecule has 2 heterocycles. The summed E-state index contributed by atoms with van der Waals surface area (Å²) < 4.78 is 0. The van der Waals surface area contributed by atoms with Gasteiger partial charge in [-0.15, -0.1) is 0 Å². The molecule has 3 amide bonds. The fraction of sp³-hybridized carbons (Fsp3) is 0.333. The van der Waals surface area contributed by atoms with Crippen LogP contribution < -0.4 is 10.6 Å². The highest BCUT2D eigenvalue weighted by molar-refractivity contribution is 6.04. The van der Waals surface area contributed by atoms with Crippen LogP contribution in [0.4, 0.5) is 5.69 Å². The van der Waals surface area contributed by atoms with Gasteiger partial charge in [-0.2, -0.15) is 0 Å². The molecule has 1 aliphatic heterocycles. The van der Waals surface area contributed by atoms with Crippen molar-refractivity contribution in [2.24, 2.45) is 0 Å². The molecule has 0 unspecified atom stereocenters. The van der Waals surface area contributed by atoms with Gasteiger partial charge in [0.2, 0.25) is 11.8 Å². The van der Waals surface area contributed by atoms with Crippen molar-refractivity contribution < 1.29 is 14.4 Å². The Labute approximate surface area is 145 Å². The lowest BCUT2D eigenvalue weighted by Gasteiger charge is -2.35. The minimum atomic E-state index is -0.697. The van der Waals surface area contributed by atoms with Crippen molar-refractivity contribution in [2.75, 3.05) is 5.32 Å². The van der Waals surface area contributed by atoms with Crippen LogP contribution in [0.5, 0.6) is 0 Å². The van der Waals surface area contributed by atoms with Crippen molar-refractivity contribution in [3.8, 4) is 0 Å². The van der Waals surface area contributed by atoms with Gasteiger partial charge in [-0.05, 0) is 37.5 Å². The van der Waals surface area contributed by atoms with E-state index in [-0.39, 0.29) is 17.7 Å². The Bertz CT molecular complexity index is 825. The second kappa shape index (κ2) is 6.51. The first-order valence-corrected chi connectivity index (χ1v) is 8.22. The fourth-order valence-corrected chi connectivity index (χ4v) is 3.17. The Hall–Kier alpha value is -2.96. The molecule has 0 radical (unpaired) electrons. The number of benzene rings is 1. The Kier molecular flexibility index (Phi) is 4.39. The van der Waals surface area contributed by atoms with Crippen LogP contribution >= 0.6 is 0 Å². The van der Waals surface area contributed by atoms with Gasteiger partial charge in [-0.3, -0.25) is 19.7 Å². The van der Waals surface area contributed by atoms with Gasteiger partial charge >= 0.3 is 0 Å². The number of imide groups is 1. The van der Waals surface area contributed by atoms with Crippen LogP contribution in [0.3, 0.4) is 0 Å². The first-order chi connectivity index (χ1) is 11.9. The summed E-state index contributed by atoms with van der Waals surface area (Å²) in [6, 6.07) is 7.18. The number of aromatic nitrogens is 2. The first-order valence-electron chi connectivity index (χ1n) is 8.22. The number of aromatic amines is 1. The maximum Gasteiger partial charge on any atom is 0.273 e. The second-order valence-corrected chi connectivity index (χ2v) is 6.23. The molecule has 1 aromatic heterocycles. The Morgan fingerprint density at radius 2 is 2.00 bits per heavy atom. The second-order valence-electron chi connectivity index (χ2n) is 6.23. The molecule has 1 saturated heterocycles.